The summed E-state index contributed by atoms with van der Waals surface area (Å²) in [5.74, 6) is 0.115. The molecule has 0 atom stereocenters. The van der Waals surface area contributed by atoms with Gasteiger partial charge >= 0.3 is 0 Å². The van der Waals surface area contributed by atoms with E-state index in [2.05, 4.69) is 9.97 Å². The number of rotatable bonds is 1. The van der Waals surface area contributed by atoms with Crippen LogP contribution in [-0.2, 0) is 0 Å². The Hall–Kier alpha value is -1.71. The second kappa shape index (κ2) is 5.00. The van der Waals surface area contributed by atoms with Crippen LogP contribution in [0.5, 0.6) is 0 Å². The van der Waals surface area contributed by atoms with E-state index in [1.165, 1.54) is 12.1 Å². The average Bonchev–Trinajstić information content (AvgIpc) is 2.43. The van der Waals surface area contributed by atoms with Crippen molar-refractivity contribution in [3.05, 3.63) is 58.0 Å². The predicted molar refractivity (Wildman–Crippen MR) is 79.7 cm³/mol. The molecule has 2 nitrogen and oxygen atoms in total. The Labute approximate surface area is 125 Å². The fourth-order valence-corrected chi connectivity index (χ4v) is 2.56. The molecule has 100 valence electrons. The molecule has 0 amide bonds. The Balaban J connectivity index is 2.29. The molecule has 0 radical (unpaired) electrons. The van der Waals surface area contributed by atoms with E-state index in [0.29, 0.717) is 27.1 Å². The summed E-state index contributed by atoms with van der Waals surface area (Å²) in [5, 5.41) is 1.60. The number of aryl methyl sites for hydroxylation is 1. The number of hydrogen-bond acceptors (Lipinski definition) is 2. The maximum Gasteiger partial charge on any atom is 0.161 e. The van der Waals surface area contributed by atoms with E-state index in [4.69, 9.17) is 23.2 Å². The number of hydrogen-bond donors (Lipinski definition) is 0. The molecule has 0 aliphatic carbocycles. The van der Waals surface area contributed by atoms with Gasteiger partial charge in [0.25, 0.3) is 0 Å². The first-order chi connectivity index (χ1) is 9.56. The molecular weight excluding hydrogens is 298 g/mol. The van der Waals surface area contributed by atoms with Gasteiger partial charge in [0.1, 0.15) is 11.0 Å². The third kappa shape index (κ3) is 2.23. The van der Waals surface area contributed by atoms with Gasteiger partial charge in [-0.25, -0.2) is 14.4 Å². The molecule has 1 heterocycles. The zero-order chi connectivity index (χ0) is 14.3. The molecule has 3 aromatic rings. The second-order valence-electron chi connectivity index (χ2n) is 4.43. The highest BCUT2D eigenvalue weighted by molar-refractivity contribution is 6.38. The minimum absolute atomic E-state index is 0.311. The summed E-state index contributed by atoms with van der Waals surface area (Å²) in [7, 11) is 0. The lowest BCUT2D eigenvalue weighted by molar-refractivity contribution is 0.628. The maximum atomic E-state index is 13.0. The normalized spacial score (nSPS) is 11.0. The van der Waals surface area contributed by atoms with Crippen LogP contribution < -0.4 is 0 Å². The van der Waals surface area contributed by atoms with E-state index in [-0.39, 0.29) is 5.82 Å². The minimum Gasteiger partial charge on any atom is -0.226 e. The molecule has 0 N–H and O–H groups in total. The molecule has 0 saturated carbocycles. The maximum absolute atomic E-state index is 13.0. The molecule has 0 spiro atoms. The van der Waals surface area contributed by atoms with Crippen LogP contribution in [-0.4, -0.2) is 9.97 Å². The van der Waals surface area contributed by atoms with Gasteiger partial charge in [0.15, 0.2) is 5.82 Å². The Bertz CT molecular complexity index is 801. The Morgan fingerprint density at radius 3 is 2.35 bits per heavy atom. The third-order valence-corrected chi connectivity index (χ3v) is 3.65. The molecular formula is C15H9Cl2FN2. The Kier molecular flexibility index (Phi) is 3.32. The van der Waals surface area contributed by atoms with E-state index in [0.717, 1.165) is 10.9 Å². The van der Waals surface area contributed by atoms with E-state index in [1.807, 2.05) is 13.0 Å². The zero-order valence-corrected chi connectivity index (χ0v) is 12.0. The first-order valence-electron chi connectivity index (χ1n) is 5.94. The lowest BCUT2D eigenvalue weighted by atomic mass is 10.1. The van der Waals surface area contributed by atoms with Crippen LogP contribution in [0.3, 0.4) is 0 Å². The number of nitrogens with zero attached hydrogens (tertiary/aromatic N) is 2. The number of aromatic nitrogens is 2. The van der Waals surface area contributed by atoms with Crippen molar-refractivity contribution in [2.24, 2.45) is 0 Å². The molecule has 5 heteroatoms. The summed E-state index contributed by atoms with van der Waals surface area (Å²) in [6.45, 7) is 1.92. The summed E-state index contributed by atoms with van der Waals surface area (Å²) < 4.78 is 13.0. The van der Waals surface area contributed by atoms with E-state index in [9.17, 15) is 4.39 Å². The molecule has 3 rings (SSSR count). The molecule has 2 aromatic carbocycles. The molecule has 1 aromatic heterocycles. The summed E-state index contributed by atoms with van der Waals surface area (Å²) in [5.41, 5.74) is 2.25. The van der Waals surface area contributed by atoms with Gasteiger partial charge in [0.2, 0.25) is 0 Å². The Morgan fingerprint density at radius 1 is 0.950 bits per heavy atom. The SMILES string of the molecule is Cc1ccc(Cl)c2nc(-c3ccc(F)cc3)nc(Cl)c12. The molecule has 0 aliphatic heterocycles. The van der Waals surface area contributed by atoms with Crippen molar-refractivity contribution in [1.29, 1.82) is 0 Å². The minimum atomic E-state index is -0.311. The van der Waals surface area contributed by atoms with Crippen LogP contribution in [0.25, 0.3) is 22.3 Å². The fourth-order valence-electron chi connectivity index (χ4n) is 2.04. The average molecular weight is 307 g/mol. The smallest absolute Gasteiger partial charge is 0.161 e. The molecule has 0 saturated heterocycles. The fraction of sp³-hybridized carbons (Fsp3) is 0.0667. The van der Waals surface area contributed by atoms with Gasteiger partial charge in [0, 0.05) is 10.9 Å². The van der Waals surface area contributed by atoms with Crippen molar-refractivity contribution >= 4 is 34.1 Å². The monoisotopic (exact) mass is 306 g/mol. The van der Waals surface area contributed by atoms with Crippen LogP contribution in [0, 0.1) is 12.7 Å². The van der Waals surface area contributed by atoms with Crippen LogP contribution in [0.15, 0.2) is 36.4 Å². The summed E-state index contributed by atoms with van der Waals surface area (Å²) in [4.78, 5) is 8.72. The van der Waals surface area contributed by atoms with E-state index in [1.54, 1.807) is 18.2 Å². The van der Waals surface area contributed by atoms with Crippen molar-refractivity contribution in [1.82, 2.24) is 9.97 Å². The van der Waals surface area contributed by atoms with Crippen LogP contribution in [0.4, 0.5) is 4.39 Å². The standard InChI is InChI=1S/C15H9Cl2FN2/c1-8-2-7-11(16)13-12(8)14(17)20-15(19-13)9-3-5-10(18)6-4-9/h2-7H,1H3. The van der Waals surface area contributed by atoms with Gasteiger partial charge in [-0.15, -0.1) is 0 Å². The van der Waals surface area contributed by atoms with Crippen LogP contribution >= 0.6 is 23.2 Å². The predicted octanol–water partition coefficient (Wildman–Crippen LogP) is 5.05. The van der Waals surface area contributed by atoms with Gasteiger partial charge in [-0.3, -0.25) is 0 Å². The number of halogens is 3. The summed E-state index contributed by atoms with van der Waals surface area (Å²) in [6, 6.07) is 9.57. The molecule has 0 unspecified atom stereocenters. The van der Waals surface area contributed by atoms with Gasteiger partial charge in [-0.2, -0.15) is 0 Å². The van der Waals surface area contributed by atoms with Gasteiger partial charge < -0.3 is 0 Å². The first kappa shape index (κ1) is 13.3. The number of fused-ring (bicyclic) bond motifs is 1. The lowest BCUT2D eigenvalue weighted by Gasteiger charge is -2.08. The highest BCUT2D eigenvalue weighted by Crippen LogP contribution is 2.31. The van der Waals surface area contributed by atoms with Gasteiger partial charge in [0.05, 0.1) is 10.5 Å². The molecule has 20 heavy (non-hydrogen) atoms. The van der Waals surface area contributed by atoms with Gasteiger partial charge in [-0.1, -0.05) is 29.3 Å². The summed E-state index contributed by atoms with van der Waals surface area (Å²) >= 11 is 12.4. The second-order valence-corrected chi connectivity index (χ2v) is 5.20. The number of benzene rings is 2. The quantitative estimate of drug-likeness (QED) is 0.588. The van der Waals surface area contributed by atoms with Crippen molar-refractivity contribution in [2.75, 3.05) is 0 Å². The first-order valence-corrected chi connectivity index (χ1v) is 6.70. The topological polar surface area (TPSA) is 25.8 Å². The highest BCUT2D eigenvalue weighted by atomic mass is 35.5. The lowest BCUT2D eigenvalue weighted by Crippen LogP contribution is -1.94. The van der Waals surface area contributed by atoms with Crippen molar-refractivity contribution in [3.8, 4) is 11.4 Å². The molecule has 0 aliphatic rings. The Morgan fingerprint density at radius 2 is 1.65 bits per heavy atom. The van der Waals surface area contributed by atoms with Crippen molar-refractivity contribution < 1.29 is 4.39 Å². The van der Waals surface area contributed by atoms with Crippen molar-refractivity contribution in [3.63, 3.8) is 0 Å². The third-order valence-electron chi connectivity index (χ3n) is 3.07. The summed E-state index contributed by atoms with van der Waals surface area (Å²) in [6.07, 6.45) is 0. The highest BCUT2D eigenvalue weighted by Gasteiger charge is 2.12. The van der Waals surface area contributed by atoms with Gasteiger partial charge in [-0.05, 0) is 42.8 Å². The largest absolute Gasteiger partial charge is 0.226 e. The van der Waals surface area contributed by atoms with Crippen molar-refractivity contribution in [2.45, 2.75) is 6.92 Å². The zero-order valence-electron chi connectivity index (χ0n) is 10.5. The molecule has 0 bridgehead atoms. The van der Waals surface area contributed by atoms with E-state index < -0.39 is 0 Å². The van der Waals surface area contributed by atoms with E-state index >= 15 is 0 Å². The molecule has 0 fully saturated rings. The van der Waals surface area contributed by atoms with Crippen LogP contribution in [0.2, 0.25) is 10.2 Å². The van der Waals surface area contributed by atoms with Crippen LogP contribution in [0.1, 0.15) is 5.56 Å².